The van der Waals surface area contributed by atoms with Crippen LogP contribution in [0.1, 0.15) is 48.6 Å². The second-order valence-corrected chi connectivity index (χ2v) is 17.5. The van der Waals surface area contributed by atoms with E-state index in [0.29, 0.717) is 32.4 Å². The molecule has 2 amide bonds. The van der Waals surface area contributed by atoms with Crippen molar-refractivity contribution in [2.75, 3.05) is 13.1 Å². The number of carboxylic acid groups (broad SMARTS) is 2. The average molecular weight is 999 g/mol. The number of fused-ring (bicyclic) bond motifs is 2. The molecule has 2 heterocycles. The molecule has 0 atom stereocenters. The molecular formula is C40H31Br2F4LiN6O6S2. The molecule has 0 aliphatic heterocycles. The minimum absolute atomic E-state index is 0. The predicted molar refractivity (Wildman–Crippen MR) is 222 cm³/mol. The number of benzene rings is 4. The van der Waals surface area contributed by atoms with Crippen LogP contribution < -0.4 is 34.6 Å². The molecule has 0 radical (unpaired) electrons. The van der Waals surface area contributed by atoms with E-state index >= 15 is 0 Å². The summed E-state index contributed by atoms with van der Waals surface area (Å²) in [5, 5.41) is 18.2. The number of thioether (sulfide) groups is 2. The number of carbonyl (C=O) groups excluding carboxylic acids is 3. The van der Waals surface area contributed by atoms with Crippen molar-refractivity contribution in [3.05, 3.63) is 106 Å². The molecule has 312 valence electrons. The van der Waals surface area contributed by atoms with Crippen molar-refractivity contribution in [3.63, 3.8) is 0 Å². The number of hydrogen-bond acceptors (Lipinski definition) is 9. The Kier molecular flexibility index (Phi) is 14.4. The van der Waals surface area contributed by atoms with Crippen LogP contribution in [0.15, 0.2) is 105 Å². The summed E-state index contributed by atoms with van der Waals surface area (Å²) < 4.78 is 61.6. The van der Waals surface area contributed by atoms with Gasteiger partial charge >= 0.3 is 47.2 Å². The summed E-state index contributed by atoms with van der Waals surface area (Å²) in [6.07, 6.45) is 7.30. The maximum Gasteiger partial charge on any atom is 1.00 e. The Bertz CT molecular complexity index is 2480. The second kappa shape index (κ2) is 19.0. The maximum absolute atomic E-state index is 14.4. The molecule has 4 aromatic carbocycles. The smallest absolute Gasteiger partial charge is 0.548 e. The summed E-state index contributed by atoms with van der Waals surface area (Å²) in [6, 6.07) is 23.2. The SMILES string of the molecule is O=C(O)CNC(=O)C(F)(F)Sc1ncc(Br)n1-c1ccc(C2CC2)c2ccccc12.O=C([O-])CNC(=O)C(F)(F)Sc1ncc(Br)n1-c1ccc(C2CC2)c2ccccc12.[Li+]. The number of amides is 2. The summed E-state index contributed by atoms with van der Waals surface area (Å²) in [7, 11) is 0. The van der Waals surface area contributed by atoms with E-state index in [-0.39, 0.29) is 52.7 Å². The number of nitrogens with zero attached hydrogens (tertiary/aromatic N) is 4. The van der Waals surface area contributed by atoms with E-state index in [0.717, 1.165) is 47.2 Å². The molecule has 6 aromatic rings. The van der Waals surface area contributed by atoms with Crippen LogP contribution in [0.4, 0.5) is 17.6 Å². The van der Waals surface area contributed by atoms with Gasteiger partial charge in [-0.25, -0.2) is 9.97 Å². The van der Waals surface area contributed by atoms with Crippen LogP contribution in [-0.2, 0) is 19.2 Å². The quantitative estimate of drug-likeness (QED) is 0.0785. The Labute approximate surface area is 382 Å². The van der Waals surface area contributed by atoms with Crippen LogP contribution in [0, 0.1) is 0 Å². The number of carboxylic acids is 2. The van der Waals surface area contributed by atoms with Crippen LogP contribution in [0.3, 0.4) is 0 Å². The van der Waals surface area contributed by atoms with Crippen molar-refractivity contribution in [3.8, 4) is 11.4 Å². The van der Waals surface area contributed by atoms with Crippen molar-refractivity contribution in [2.24, 2.45) is 0 Å². The van der Waals surface area contributed by atoms with Crippen molar-refractivity contribution < 1.29 is 65.8 Å². The average Bonchev–Trinajstić information content (AvgIpc) is 4.16. The van der Waals surface area contributed by atoms with Crippen LogP contribution >= 0.6 is 55.4 Å². The molecule has 0 unspecified atom stereocenters. The first-order valence-electron chi connectivity index (χ1n) is 18.2. The summed E-state index contributed by atoms with van der Waals surface area (Å²) >= 11 is 6.61. The first-order valence-corrected chi connectivity index (χ1v) is 21.4. The standard InChI is InChI=1S/2C20H16BrF2N3O3S.Li/c2*21-16-9-25-19(30-20(22,23)18(29)24-10-17(27)28)26(16)15-8-7-12(11-5-6-11)13-3-1-2-4-14(13)15;/h2*1-4,7-9,11H,5-6,10H2,(H,24,29)(H,27,28);/q;;+1/p-1. The van der Waals surface area contributed by atoms with Gasteiger partial charge in [0.05, 0.1) is 36.3 Å². The van der Waals surface area contributed by atoms with Crippen LogP contribution in [0.2, 0.25) is 0 Å². The largest absolute Gasteiger partial charge is 1.00 e. The van der Waals surface area contributed by atoms with Gasteiger partial charge in [-0.2, -0.15) is 17.6 Å². The van der Waals surface area contributed by atoms with Gasteiger partial charge in [0.1, 0.15) is 15.8 Å². The van der Waals surface area contributed by atoms with Gasteiger partial charge in [0.25, 0.3) is 0 Å². The molecule has 61 heavy (non-hydrogen) atoms. The number of aromatic nitrogens is 4. The molecule has 2 aromatic heterocycles. The number of halogens is 6. The van der Waals surface area contributed by atoms with Gasteiger partial charge in [-0.15, -0.1) is 0 Å². The molecule has 2 aliphatic carbocycles. The van der Waals surface area contributed by atoms with E-state index in [1.807, 2.05) is 72.8 Å². The van der Waals surface area contributed by atoms with Crippen LogP contribution in [-0.4, -0.2) is 71.6 Å². The maximum atomic E-state index is 14.4. The Balaban J connectivity index is 0.000000201. The zero-order chi connectivity index (χ0) is 42.9. The van der Waals surface area contributed by atoms with Gasteiger partial charge in [-0.05, 0) is 127 Å². The minimum atomic E-state index is -3.93. The molecule has 0 bridgehead atoms. The summed E-state index contributed by atoms with van der Waals surface area (Å²) in [6.45, 7) is -1.89. The zero-order valence-electron chi connectivity index (χ0n) is 31.8. The van der Waals surface area contributed by atoms with E-state index < -0.39 is 47.4 Å². The van der Waals surface area contributed by atoms with Crippen molar-refractivity contribution in [2.45, 2.75) is 58.3 Å². The Morgan fingerprint density at radius 2 is 1.05 bits per heavy atom. The van der Waals surface area contributed by atoms with E-state index in [1.54, 1.807) is 10.6 Å². The van der Waals surface area contributed by atoms with Crippen molar-refractivity contribution in [1.29, 1.82) is 0 Å². The van der Waals surface area contributed by atoms with E-state index in [9.17, 15) is 41.8 Å². The Hall–Kier alpha value is -4.32. The van der Waals surface area contributed by atoms with E-state index in [2.05, 4.69) is 41.8 Å². The van der Waals surface area contributed by atoms with E-state index in [1.165, 1.54) is 32.7 Å². The third-order valence-corrected chi connectivity index (χ3v) is 12.5. The number of alkyl halides is 4. The molecule has 0 spiro atoms. The number of nitrogens with one attached hydrogen (secondary N) is 2. The van der Waals surface area contributed by atoms with Crippen LogP contribution in [0.25, 0.3) is 32.9 Å². The van der Waals surface area contributed by atoms with Crippen molar-refractivity contribution in [1.82, 2.24) is 29.7 Å². The topological polar surface area (TPSA) is 171 Å². The van der Waals surface area contributed by atoms with Gasteiger partial charge in [0.2, 0.25) is 0 Å². The molecule has 21 heteroatoms. The fraction of sp³-hybridized carbons (Fsp3) is 0.250. The van der Waals surface area contributed by atoms with E-state index in [4.69, 9.17) is 5.11 Å². The molecule has 8 rings (SSSR count). The molecule has 3 N–H and O–H groups in total. The Morgan fingerprint density at radius 3 is 1.41 bits per heavy atom. The van der Waals surface area contributed by atoms with Crippen molar-refractivity contribution >= 4 is 101 Å². The number of carbonyl (C=O) groups is 4. The van der Waals surface area contributed by atoms with Gasteiger partial charge < -0.3 is 25.6 Å². The number of rotatable bonds is 14. The molecular weight excluding hydrogens is 967 g/mol. The fourth-order valence-electron chi connectivity index (χ4n) is 6.55. The number of hydrogen-bond donors (Lipinski definition) is 3. The third-order valence-electron chi connectivity index (χ3n) is 9.52. The molecule has 2 fully saturated rings. The molecule has 12 nitrogen and oxygen atoms in total. The second-order valence-electron chi connectivity index (χ2n) is 13.8. The number of aliphatic carboxylic acids is 2. The molecule has 0 saturated heterocycles. The zero-order valence-corrected chi connectivity index (χ0v) is 36.6. The summed E-state index contributed by atoms with van der Waals surface area (Å²) in [5.41, 5.74) is 3.77. The first-order chi connectivity index (χ1) is 28.6. The predicted octanol–water partition coefficient (Wildman–Crippen LogP) is 4.77. The van der Waals surface area contributed by atoms with Gasteiger partial charge in [-0.1, -0.05) is 60.7 Å². The Morgan fingerprint density at radius 1 is 0.672 bits per heavy atom. The fourth-order valence-corrected chi connectivity index (χ4v) is 9.28. The summed E-state index contributed by atoms with van der Waals surface area (Å²) in [5.74, 6) is -5.44. The molecule has 2 saturated carbocycles. The first kappa shape index (κ1) is 46.2. The normalized spacial score (nSPS) is 13.9. The minimum Gasteiger partial charge on any atom is -0.548 e. The summed E-state index contributed by atoms with van der Waals surface area (Å²) in [4.78, 5) is 52.6. The van der Waals surface area contributed by atoms with Gasteiger partial charge in [0, 0.05) is 10.8 Å². The number of imidazole rings is 2. The third kappa shape index (κ3) is 10.5. The van der Waals surface area contributed by atoms with Gasteiger partial charge in [0.15, 0.2) is 10.3 Å². The van der Waals surface area contributed by atoms with Crippen LogP contribution in [0.5, 0.6) is 0 Å². The molecule has 2 aliphatic rings. The monoisotopic (exact) mass is 996 g/mol. The van der Waals surface area contributed by atoms with Gasteiger partial charge in [-0.3, -0.25) is 23.5 Å².